The molecule has 0 bridgehead atoms. The van der Waals surface area contributed by atoms with Gasteiger partial charge in [-0.1, -0.05) is 18.2 Å². The Morgan fingerprint density at radius 1 is 1.21 bits per heavy atom. The van der Waals surface area contributed by atoms with Crippen LogP contribution in [0.4, 0.5) is 23.7 Å². The number of nitrogens with one attached hydrogen (secondary N) is 2. The van der Waals surface area contributed by atoms with E-state index in [1.807, 2.05) is 0 Å². The number of rotatable bonds is 5. The van der Waals surface area contributed by atoms with E-state index in [2.05, 4.69) is 17.2 Å². The van der Waals surface area contributed by atoms with Crippen molar-refractivity contribution in [1.29, 1.82) is 0 Å². The lowest BCUT2D eigenvalue weighted by molar-refractivity contribution is -0.113. The molecular weight excluding hydrogens is 383 g/mol. The van der Waals surface area contributed by atoms with E-state index in [-0.39, 0.29) is 17.8 Å². The third-order valence-corrected chi connectivity index (χ3v) is 4.51. The van der Waals surface area contributed by atoms with Gasteiger partial charge in [0.2, 0.25) is 0 Å². The van der Waals surface area contributed by atoms with Gasteiger partial charge in [-0.2, -0.15) is 0 Å². The number of anilines is 1. The molecule has 1 aliphatic heterocycles. The summed E-state index contributed by atoms with van der Waals surface area (Å²) >= 11 is 0. The molecular formula is C21H18F3N3O2. The van der Waals surface area contributed by atoms with Crippen molar-refractivity contribution in [2.45, 2.75) is 13.0 Å². The molecule has 1 heterocycles. The number of hydrogen-bond donors (Lipinski definition) is 2. The topological polar surface area (TPSA) is 61.4 Å². The third kappa shape index (κ3) is 4.16. The van der Waals surface area contributed by atoms with Crippen molar-refractivity contribution in [2.75, 3.05) is 11.9 Å². The predicted octanol–water partition coefficient (Wildman–Crippen LogP) is 4.27. The Balaban J connectivity index is 2.04. The number of carbonyl (C=O) groups is 2. The average molecular weight is 401 g/mol. The smallest absolute Gasteiger partial charge is 0.322 e. The van der Waals surface area contributed by atoms with E-state index in [9.17, 15) is 22.8 Å². The first-order valence-electron chi connectivity index (χ1n) is 8.73. The maximum absolute atomic E-state index is 13.7. The van der Waals surface area contributed by atoms with Gasteiger partial charge in [-0.3, -0.25) is 9.69 Å². The van der Waals surface area contributed by atoms with Crippen LogP contribution in [-0.2, 0) is 4.79 Å². The van der Waals surface area contributed by atoms with Gasteiger partial charge in [0.05, 0.1) is 11.6 Å². The lowest BCUT2D eigenvalue weighted by atomic mass is 9.94. The first kappa shape index (κ1) is 20.2. The summed E-state index contributed by atoms with van der Waals surface area (Å²) in [7, 11) is 0. The minimum absolute atomic E-state index is 0.0411. The lowest BCUT2D eigenvalue weighted by Gasteiger charge is -2.35. The largest absolute Gasteiger partial charge is 0.326 e. The van der Waals surface area contributed by atoms with Crippen molar-refractivity contribution in [3.05, 3.63) is 89.4 Å². The summed E-state index contributed by atoms with van der Waals surface area (Å²) in [5.74, 6) is -3.32. The Morgan fingerprint density at radius 3 is 2.62 bits per heavy atom. The second-order valence-electron chi connectivity index (χ2n) is 6.42. The van der Waals surface area contributed by atoms with Crippen LogP contribution in [0.3, 0.4) is 0 Å². The summed E-state index contributed by atoms with van der Waals surface area (Å²) in [6.45, 7) is 5.32. The molecule has 3 rings (SSSR count). The fourth-order valence-corrected chi connectivity index (χ4v) is 3.13. The Morgan fingerprint density at radius 2 is 1.97 bits per heavy atom. The summed E-state index contributed by atoms with van der Waals surface area (Å²) in [4.78, 5) is 26.8. The molecule has 0 spiro atoms. The molecule has 150 valence electrons. The van der Waals surface area contributed by atoms with Crippen molar-refractivity contribution < 1.29 is 22.8 Å². The summed E-state index contributed by atoms with van der Waals surface area (Å²) in [6, 6.07) is 7.06. The van der Waals surface area contributed by atoms with Crippen molar-refractivity contribution in [3.63, 3.8) is 0 Å². The van der Waals surface area contributed by atoms with E-state index >= 15 is 0 Å². The molecule has 0 radical (unpaired) electrons. The fourth-order valence-electron chi connectivity index (χ4n) is 3.13. The van der Waals surface area contributed by atoms with E-state index in [1.165, 1.54) is 35.2 Å². The number of hydrogen-bond acceptors (Lipinski definition) is 2. The number of urea groups is 1. The van der Waals surface area contributed by atoms with Gasteiger partial charge < -0.3 is 10.6 Å². The molecule has 3 amide bonds. The zero-order valence-electron chi connectivity index (χ0n) is 15.5. The second kappa shape index (κ2) is 8.22. The first-order valence-corrected chi connectivity index (χ1v) is 8.73. The molecule has 5 nitrogen and oxygen atoms in total. The minimum atomic E-state index is -1.11. The van der Waals surface area contributed by atoms with Gasteiger partial charge in [-0.15, -0.1) is 6.58 Å². The number of carbonyl (C=O) groups excluding carboxylic acids is 2. The van der Waals surface area contributed by atoms with Crippen LogP contribution in [0.25, 0.3) is 0 Å². The van der Waals surface area contributed by atoms with Crippen LogP contribution in [0, 0.1) is 17.5 Å². The molecule has 0 aliphatic carbocycles. The van der Waals surface area contributed by atoms with Crippen LogP contribution < -0.4 is 10.6 Å². The van der Waals surface area contributed by atoms with Crippen molar-refractivity contribution in [1.82, 2.24) is 10.2 Å². The Hall–Kier alpha value is -3.55. The summed E-state index contributed by atoms with van der Waals surface area (Å²) < 4.78 is 40.4. The molecule has 0 saturated heterocycles. The van der Waals surface area contributed by atoms with Crippen molar-refractivity contribution >= 4 is 17.6 Å². The maximum Gasteiger partial charge on any atom is 0.322 e. The van der Waals surface area contributed by atoms with Crippen molar-refractivity contribution in [2.24, 2.45) is 0 Å². The highest BCUT2D eigenvalue weighted by molar-refractivity contribution is 6.06. The number of halogens is 3. The van der Waals surface area contributed by atoms with E-state index in [0.29, 0.717) is 11.3 Å². The molecule has 2 aromatic rings. The Bertz CT molecular complexity index is 1020. The molecule has 2 aromatic carbocycles. The highest BCUT2D eigenvalue weighted by Gasteiger charge is 2.35. The summed E-state index contributed by atoms with van der Waals surface area (Å²) in [5, 5.41) is 5.18. The van der Waals surface area contributed by atoms with E-state index < -0.39 is 35.4 Å². The predicted molar refractivity (Wildman–Crippen MR) is 102 cm³/mol. The summed E-state index contributed by atoms with van der Waals surface area (Å²) in [5.41, 5.74) is 0.885. The van der Waals surface area contributed by atoms with Gasteiger partial charge in [-0.25, -0.2) is 18.0 Å². The zero-order chi connectivity index (χ0) is 21.1. The van der Waals surface area contributed by atoms with Crippen LogP contribution in [0.5, 0.6) is 0 Å². The standard InChI is InChI=1S/C21H18F3N3O2/c1-3-9-27-12(2)18(20(28)25-15-7-8-16(23)17(24)11-15)19(26-21(27)29)13-5-4-6-14(22)10-13/h3-8,10-11,19H,1,9H2,2H3,(H,25,28)(H,26,29)/t19-/m1/s1. The SMILES string of the molecule is C=CCN1C(=O)N[C@H](c2cccc(F)c2)C(C(=O)Nc2ccc(F)c(F)c2)=C1C. The zero-order valence-corrected chi connectivity index (χ0v) is 15.5. The highest BCUT2D eigenvalue weighted by Crippen LogP contribution is 2.31. The van der Waals surface area contributed by atoms with Gasteiger partial charge in [0, 0.05) is 24.0 Å². The van der Waals surface area contributed by atoms with E-state index in [4.69, 9.17) is 0 Å². The molecule has 0 unspecified atom stereocenters. The van der Waals surface area contributed by atoms with E-state index in [1.54, 1.807) is 13.0 Å². The quantitative estimate of drug-likeness (QED) is 0.735. The van der Waals surface area contributed by atoms with E-state index in [0.717, 1.165) is 12.1 Å². The number of allylic oxidation sites excluding steroid dienone is 1. The normalized spacial score (nSPS) is 16.5. The Labute approximate surface area is 165 Å². The molecule has 1 aliphatic rings. The van der Waals surface area contributed by atoms with Crippen LogP contribution in [0.2, 0.25) is 0 Å². The lowest BCUT2D eigenvalue weighted by Crippen LogP contribution is -2.48. The van der Waals surface area contributed by atoms with Gasteiger partial charge in [0.25, 0.3) is 5.91 Å². The average Bonchev–Trinajstić information content (AvgIpc) is 2.67. The van der Waals surface area contributed by atoms with Crippen LogP contribution >= 0.6 is 0 Å². The van der Waals surface area contributed by atoms with Gasteiger partial charge in [-0.05, 0) is 36.8 Å². The first-order chi connectivity index (χ1) is 13.8. The molecule has 1 atom stereocenters. The minimum Gasteiger partial charge on any atom is -0.326 e. The Kier molecular flexibility index (Phi) is 5.72. The molecule has 0 saturated carbocycles. The molecule has 8 heteroatoms. The van der Waals surface area contributed by atoms with Crippen LogP contribution in [-0.4, -0.2) is 23.4 Å². The van der Waals surface area contributed by atoms with Gasteiger partial charge in [0.1, 0.15) is 5.82 Å². The van der Waals surface area contributed by atoms with Gasteiger partial charge in [0.15, 0.2) is 11.6 Å². The molecule has 29 heavy (non-hydrogen) atoms. The van der Waals surface area contributed by atoms with Gasteiger partial charge >= 0.3 is 6.03 Å². The highest BCUT2D eigenvalue weighted by atomic mass is 19.2. The molecule has 0 aromatic heterocycles. The fraction of sp³-hybridized carbons (Fsp3) is 0.143. The number of nitrogens with zero attached hydrogens (tertiary/aromatic N) is 1. The van der Waals surface area contributed by atoms with Crippen LogP contribution in [0.15, 0.2) is 66.4 Å². The van der Waals surface area contributed by atoms with Crippen molar-refractivity contribution in [3.8, 4) is 0 Å². The number of amides is 3. The molecule has 0 fully saturated rings. The van der Waals surface area contributed by atoms with Crippen LogP contribution in [0.1, 0.15) is 18.5 Å². The monoisotopic (exact) mass is 401 g/mol. The number of benzene rings is 2. The third-order valence-electron chi connectivity index (χ3n) is 4.51. The molecule has 2 N–H and O–H groups in total. The summed E-state index contributed by atoms with van der Waals surface area (Å²) in [6.07, 6.45) is 1.50. The maximum atomic E-state index is 13.7. The second-order valence-corrected chi connectivity index (χ2v) is 6.42.